The summed E-state index contributed by atoms with van der Waals surface area (Å²) in [6.45, 7) is 0.552. The topological polar surface area (TPSA) is 151 Å². The standard InChI is InChI=1S/C20H22N2O9S/c1-11(23)31-9-20(19(28)29)8-21-16(25)14(17(21)32-10-20)22(30-2)15(24)13(18(26)27)12-6-4-3-5-7-12/h3-7,13-14,17H,8-10H2,1-2H3,(H,26,27)(H,28,29)/t13?,14?,17-,20?/m1/s1. The average molecular weight is 466 g/mol. The number of fused-ring (bicyclic) bond motifs is 1. The molecule has 1 aromatic rings. The number of ether oxygens (including phenoxy) is 1. The molecular weight excluding hydrogens is 444 g/mol. The van der Waals surface area contributed by atoms with Crippen LogP contribution in [-0.4, -0.2) is 87.3 Å². The lowest BCUT2D eigenvalue weighted by Crippen LogP contribution is -2.74. The summed E-state index contributed by atoms with van der Waals surface area (Å²) in [5.41, 5.74) is -1.25. The number of hydroxylamine groups is 2. The number of benzene rings is 1. The largest absolute Gasteiger partial charge is 0.481 e. The molecule has 32 heavy (non-hydrogen) atoms. The maximum atomic E-state index is 13.1. The van der Waals surface area contributed by atoms with Crippen LogP contribution in [0.3, 0.4) is 0 Å². The molecule has 0 radical (unpaired) electrons. The number of carbonyl (C=O) groups excluding carboxylic acids is 3. The Hall–Kier alpha value is -3.12. The number of carboxylic acid groups (broad SMARTS) is 2. The molecule has 2 amide bonds. The highest BCUT2D eigenvalue weighted by Gasteiger charge is 2.61. The quantitative estimate of drug-likeness (QED) is 0.235. The summed E-state index contributed by atoms with van der Waals surface area (Å²) in [5.74, 6) is -6.29. The van der Waals surface area contributed by atoms with Crippen LogP contribution in [0.15, 0.2) is 30.3 Å². The fourth-order valence-electron chi connectivity index (χ4n) is 3.71. The molecule has 2 fully saturated rings. The number of aliphatic carboxylic acids is 2. The molecule has 0 aromatic heterocycles. The number of hydrogen-bond acceptors (Lipinski definition) is 8. The minimum Gasteiger partial charge on any atom is -0.481 e. The summed E-state index contributed by atoms with van der Waals surface area (Å²) in [7, 11) is 1.16. The summed E-state index contributed by atoms with van der Waals surface area (Å²) in [6.07, 6.45) is 0. The monoisotopic (exact) mass is 466 g/mol. The third kappa shape index (κ3) is 4.15. The lowest BCUT2D eigenvalue weighted by Gasteiger charge is -2.55. The van der Waals surface area contributed by atoms with Crippen LogP contribution in [0.4, 0.5) is 0 Å². The van der Waals surface area contributed by atoms with Gasteiger partial charge in [-0.2, -0.15) is 0 Å². The van der Waals surface area contributed by atoms with Gasteiger partial charge in [-0.25, -0.2) is 5.06 Å². The van der Waals surface area contributed by atoms with Crippen molar-refractivity contribution in [1.82, 2.24) is 9.96 Å². The van der Waals surface area contributed by atoms with Crippen LogP contribution in [0.1, 0.15) is 18.4 Å². The molecular formula is C20H22N2O9S. The molecule has 0 spiro atoms. The van der Waals surface area contributed by atoms with Gasteiger partial charge in [0, 0.05) is 19.2 Å². The van der Waals surface area contributed by atoms with E-state index < -0.39 is 59.1 Å². The van der Waals surface area contributed by atoms with E-state index in [-0.39, 0.29) is 17.9 Å². The van der Waals surface area contributed by atoms with E-state index >= 15 is 0 Å². The van der Waals surface area contributed by atoms with Crippen molar-refractivity contribution in [1.29, 1.82) is 0 Å². The highest BCUT2D eigenvalue weighted by Crippen LogP contribution is 2.44. The van der Waals surface area contributed by atoms with Crippen molar-refractivity contribution < 1.29 is 43.8 Å². The highest BCUT2D eigenvalue weighted by atomic mass is 32.2. The Bertz CT molecular complexity index is 940. The van der Waals surface area contributed by atoms with Gasteiger partial charge in [0.05, 0.1) is 7.11 Å². The van der Waals surface area contributed by atoms with Crippen molar-refractivity contribution in [2.75, 3.05) is 26.0 Å². The van der Waals surface area contributed by atoms with Gasteiger partial charge >= 0.3 is 17.9 Å². The van der Waals surface area contributed by atoms with E-state index in [9.17, 15) is 34.2 Å². The van der Waals surface area contributed by atoms with E-state index in [1.807, 2.05) is 0 Å². The number of carbonyl (C=O) groups is 5. The smallest absolute Gasteiger partial charge is 0.320 e. The summed E-state index contributed by atoms with van der Waals surface area (Å²) >= 11 is 1.10. The van der Waals surface area contributed by atoms with Crippen LogP contribution in [-0.2, 0) is 33.5 Å². The second-order valence-corrected chi connectivity index (χ2v) is 8.61. The molecule has 4 atom stereocenters. The van der Waals surface area contributed by atoms with Crippen molar-refractivity contribution in [2.45, 2.75) is 24.3 Å². The Kier molecular flexibility index (Phi) is 6.74. The third-order valence-electron chi connectivity index (χ3n) is 5.42. The van der Waals surface area contributed by atoms with E-state index in [1.54, 1.807) is 18.2 Å². The molecule has 3 rings (SSSR count). The van der Waals surface area contributed by atoms with Crippen LogP contribution in [0.2, 0.25) is 0 Å². The van der Waals surface area contributed by atoms with Gasteiger partial charge < -0.3 is 19.8 Å². The zero-order valence-electron chi connectivity index (χ0n) is 17.3. The Morgan fingerprint density at radius 3 is 2.44 bits per heavy atom. The number of esters is 1. The summed E-state index contributed by atoms with van der Waals surface area (Å²) < 4.78 is 4.90. The van der Waals surface area contributed by atoms with Crippen molar-refractivity contribution in [2.24, 2.45) is 5.41 Å². The van der Waals surface area contributed by atoms with E-state index in [4.69, 9.17) is 9.57 Å². The molecule has 3 unspecified atom stereocenters. The van der Waals surface area contributed by atoms with Gasteiger partial charge in [0.25, 0.3) is 11.8 Å². The zero-order valence-corrected chi connectivity index (χ0v) is 18.1. The SMILES string of the molecule is CON(C(=O)C(C(=O)O)c1ccccc1)C1C(=O)N2CC(COC(C)=O)(C(=O)O)CS[C@H]12. The second-order valence-electron chi connectivity index (χ2n) is 7.51. The van der Waals surface area contributed by atoms with Gasteiger partial charge in [-0.05, 0) is 5.56 Å². The lowest BCUT2D eigenvalue weighted by molar-refractivity contribution is -0.215. The van der Waals surface area contributed by atoms with Crippen LogP contribution in [0, 0.1) is 5.41 Å². The molecule has 172 valence electrons. The fourth-order valence-corrected chi connectivity index (χ4v) is 5.27. The number of rotatable bonds is 8. The number of amides is 2. The predicted molar refractivity (Wildman–Crippen MR) is 109 cm³/mol. The predicted octanol–water partition coefficient (Wildman–Crippen LogP) is 0.163. The van der Waals surface area contributed by atoms with E-state index in [1.165, 1.54) is 17.0 Å². The maximum absolute atomic E-state index is 13.1. The van der Waals surface area contributed by atoms with Crippen LogP contribution in [0.5, 0.6) is 0 Å². The number of β-lactam (4-membered cyclic amide) rings is 1. The fraction of sp³-hybridized carbons (Fsp3) is 0.450. The number of carboxylic acids is 2. The summed E-state index contributed by atoms with van der Waals surface area (Å²) in [6, 6.07) is 6.74. The van der Waals surface area contributed by atoms with E-state index in [0.717, 1.165) is 30.9 Å². The first-order valence-electron chi connectivity index (χ1n) is 9.57. The molecule has 2 aliphatic rings. The second kappa shape index (κ2) is 9.17. The first-order valence-corrected chi connectivity index (χ1v) is 10.6. The van der Waals surface area contributed by atoms with E-state index in [0.29, 0.717) is 0 Å². The molecule has 12 heteroatoms. The van der Waals surface area contributed by atoms with Crippen molar-refractivity contribution in [3.05, 3.63) is 35.9 Å². The Morgan fingerprint density at radius 1 is 1.25 bits per heavy atom. The van der Waals surface area contributed by atoms with Crippen LogP contribution < -0.4 is 0 Å². The molecule has 1 aromatic carbocycles. The minimum absolute atomic E-state index is 0.0212. The van der Waals surface area contributed by atoms with Gasteiger partial charge in [0.2, 0.25) is 0 Å². The minimum atomic E-state index is -1.58. The van der Waals surface area contributed by atoms with Crippen molar-refractivity contribution in [3.8, 4) is 0 Å². The number of nitrogens with zero attached hydrogens (tertiary/aromatic N) is 2. The molecule has 2 heterocycles. The zero-order chi connectivity index (χ0) is 23.6. The third-order valence-corrected chi connectivity index (χ3v) is 6.99. The van der Waals surface area contributed by atoms with Crippen LogP contribution in [0.25, 0.3) is 0 Å². The van der Waals surface area contributed by atoms with Gasteiger partial charge in [-0.1, -0.05) is 30.3 Å². The first-order chi connectivity index (χ1) is 15.1. The van der Waals surface area contributed by atoms with Gasteiger partial charge in [0.15, 0.2) is 12.0 Å². The molecule has 11 nitrogen and oxygen atoms in total. The highest BCUT2D eigenvalue weighted by molar-refractivity contribution is 8.00. The Morgan fingerprint density at radius 2 is 1.91 bits per heavy atom. The molecule has 0 aliphatic carbocycles. The van der Waals surface area contributed by atoms with Crippen LogP contribution >= 0.6 is 11.8 Å². The van der Waals surface area contributed by atoms with Gasteiger partial charge in [-0.15, -0.1) is 11.8 Å². The van der Waals surface area contributed by atoms with Crippen molar-refractivity contribution in [3.63, 3.8) is 0 Å². The normalized spacial score (nSPS) is 25.2. The lowest BCUT2D eigenvalue weighted by atomic mass is 9.87. The molecule has 0 bridgehead atoms. The molecule has 0 saturated carbocycles. The summed E-state index contributed by atoms with van der Waals surface area (Å²) in [5, 5.41) is 19.5. The Labute approximate surface area is 187 Å². The first kappa shape index (κ1) is 23.5. The molecule has 2 aliphatic heterocycles. The molecule has 2 saturated heterocycles. The maximum Gasteiger partial charge on any atom is 0.320 e. The number of thioether (sulfide) groups is 1. The number of hydrogen-bond donors (Lipinski definition) is 2. The van der Waals surface area contributed by atoms with Gasteiger partial charge in [0.1, 0.15) is 17.4 Å². The van der Waals surface area contributed by atoms with Crippen molar-refractivity contribution >= 4 is 41.5 Å². The summed E-state index contributed by atoms with van der Waals surface area (Å²) in [4.78, 5) is 67.2. The van der Waals surface area contributed by atoms with Gasteiger partial charge in [-0.3, -0.25) is 28.8 Å². The van der Waals surface area contributed by atoms with E-state index in [2.05, 4.69) is 0 Å². The average Bonchev–Trinajstić information content (AvgIpc) is 2.76. The Balaban J connectivity index is 1.80. The molecule has 2 N–H and O–H groups in total.